The predicted molar refractivity (Wildman–Crippen MR) is 143 cm³/mol. The van der Waals surface area contributed by atoms with Crippen molar-refractivity contribution < 1.29 is 14.6 Å². The number of nitrogens with zero attached hydrogens (tertiary/aromatic N) is 1. The molecule has 186 valence electrons. The molecule has 0 fully saturated rings. The van der Waals surface area contributed by atoms with E-state index >= 15 is 0 Å². The summed E-state index contributed by atoms with van der Waals surface area (Å²) in [4.78, 5) is 12.0. The predicted octanol–water partition coefficient (Wildman–Crippen LogP) is 5.87. The summed E-state index contributed by atoms with van der Waals surface area (Å²) in [5.74, 6) is 1.02. The van der Waals surface area contributed by atoms with Crippen LogP contribution in [0, 0.1) is 0 Å². The largest absolute Gasteiger partial charge is 0.508 e. The van der Waals surface area contributed by atoms with Crippen LogP contribution in [0.4, 0.5) is 0 Å². The maximum absolute atomic E-state index is 12.0. The zero-order valence-electron chi connectivity index (χ0n) is 20.7. The summed E-state index contributed by atoms with van der Waals surface area (Å²) < 4.78 is 12.6. The first kappa shape index (κ1) is 25.1. The second-order valence-corrected chi connectivity index (χ2v) is 8.55. The molecule has 0 aliphatic carbocycles. The Morgan fingerprint density at radius 1 is 0.917 bits per heavy atom. The first-order chi connectivity index (χ1) is 17.6. The van der Waals surface area contributed by atoms with Gasteiger partial charge >= 0.3 is 0 Å². The summed E-state index contributed by atoms with van der Waals surface area (Å²) in [5, 5.41) is 12.9. The number of aromatic hydroxyl groups is 1. The Hall–Kier alpha value is -4.03. The van der Waals surface area contributed by atoms with Crippen molar-refractivity contribution in [2.75, 3.05) is 13.7 Å². The van der Waals surface area contributed by atoms with Crippen LogP contribution in [0.1, 0.15) is 42.1 Å². The zero-order valence-corrected chi connectivity index (χ0v) is 20.7. The normalized spacial score (nSPS) is 11.8. The molecule has 6 heteroatoms. The van der Waals surface area contributed by atoms with Crippen molar-refractivity contribution in [3.05, 3.63) is 118 Å². The molecule has 0 aliphatic heterocycles. The Bertz CT molecular complexity index is 1330. The third-order valence-corrected chi connectivity index (χ3v) is 6.01. The molecule has 1 aromatic heterocycles. The average molecular weight is 485 g/mol. The molecule has 0 unspecified atom stereocenters. The van der Waals surface area contributed by atoms with Gasteiger partial charge in [-0.3, -0.25) is 14.6 Å². The van der Waals surface area contributed by atoms with Gasteiger partial charge in [-0.05, 0) is 58.5 Å². The summed E-state index contributed by atoms with van der Waals surface area (Å²) in [6.07, 6.45) is 1.56. The standard InChI is InChI=1S/C30H32N2O4/c1-3-28(22-8-5-4-6-9-22)30(23-10-14-26(33)15-11-23)24-12-16-27(17-13-24)36-19-7-18-32-29(34)20-25(31-32)21-35-2/h4-6,8-17,20,31,33H,3,7,18-19,21H2,1-2H3/b30-28-. The van der Waals surface area contributed by atoms with E-state index in [2.05, 4.69) is 48.4 Å². The third-order valence-electron chi connectivity index (χ3n) is 6.01. The Kier molecular flexibility index (Phi) is 8.42. The highest BCUT2D eigenvalue weighted by molar-refractivity contribution is 5.98. The Morgan fingerprint density at radius 3 is 2.22 bits per heavy atom. The molecule has 1 heterocycles. The SMILES string of the molecule is CC/C(=C(\c1ccc(O)cc1)c1ccc(OCCCn2[nH]c(COC)cc2=O)cc1)c1ccccc1. The van der Waals surface area contributed by atoms with Crippen molar-refractivity contribution >= 4 is 11.1 Å². The van der Waals surface area contributed by atoms with Crippen LogP contribution in [0.25, 0.3) is 11.1 Å². The molecule has 4 aromatic rings. The number of benzene rings is 3. The average Bonchev–Trinajstić information content (AvgIpc) is 3.25. The van der Waals surface area contributed by atoms with Crippen LogP contribution < -0.4 is 10.3 Å². The van der Waals surface area contributed by atoms with Gasteiger partial charge < -0.3 is 14.6 Å². The van der Waals surface area contributed by atoms with Crippen molar-refractivity contribution in [2.45, 2.75) is 32.9 Å². The highest BCUT2D eigenvalue weighted by atomic mass is 16.5. The fourth-order valence-electron chi connectivity index (χ4n) is 4.32. The van der Waals surface area contributed by atoms with Crippen LogP contribution in [0.15, 0.2) is 89.7 Å². The number of methoxy groups -OCH3 is 1. The topological polar surface area (TPSA) is 76.5 Å². The maximum Gasteiger partial charge on any atom is 0.266 e. The summed E-state index contributed by atoms with van der Waals surface area (Å²) in [7, 11) is 1.60. The minimum absolute atomic E-state index is 0.0647. The molecule has 0 saturated carbocycles. The van der Waals surface area contributed by atoms with E-state index in [9.17, 15) is 9.90 Å². The van der Waals surface area contributed by atoms with Crippen LogP contribution in [0.5, 0.6) is 11.5 Å². The molecule has 2 N–H and O–H groups in total. The lowest BCUT2D eigenvalue weighted by atomic mass is 9.88. The number of allylic oxidation sites excluding steroid dienone is 1. The Morgan fingerprint density at radius 2 is 1.58 bits per heavy atom. The van der Waals surface area contributed by atoms with Gasteiger partial charge in [0.25, 0.3) is 5.56 Å². The van der Waals surface area contributed by atoms with Gasteiger partial charge in [0.2, 0.25) is 0 Å². The van der Waals surface area contributed by atoms with E-state index in [-0.39, 0.29) is 11.3 Å². The molecule has 36 heavy (non-hydrogen) atoms. The lowest BCUT2D eigenvalue weighted by molar-refractivity contribution is 0.180. The number of H-pyrrole nitrogens is 1. The van der Waals surface area contributed by atoms with Crippen molar-refractivity contribution in [1.82, 2.24) is 9.78 Å². The van der Waals surface area contributed by atoms with E-state index in [1.54, 1.807) is 30.0 Å². The third kappa shape index (κ3) is 6.15. The Balaban J connectivity index is 1.50. The smallest absolute Gasteiger partial charge is 0.266 e. The van der Waals surface area contributed by atoms with E-state index in [1.165, 1.54) is 11.1 Å². The summed E-state index contributed by atoms with van der Waals surface area (Å²) in [6.45, 7) is 3.59. The first-order valence-electron chi connectivity index (χ1n) is 12.2. The number of aryl methyl sites for hydroxylation is 1. The van der Waals surface area contributed by atoms with Gasteiger partial charge in [-0.15, -0.1) is 0 Å². The second kappa shape index (κ2) is 12.1. The van der Waals surface area contributed by atoms with Gasteiger partial charge in [0.1, 0.15) is 11.5 Å². The van der Waals surface area contributed by atoms with Gasteiger partial charge in [-0.1, -0.05) is 61.5 Å². The molecule has 3 aromatic carbocycles. The first-order valence-corrected chi connectivity index (χ1v) is 12.2. The zero-order chi connectivity index (χ0) is 25.3. The number of aromatic nitrogens is 2. The molecular weight excluding hydrogens is 452 g/mol. The molecule has 0 radical (unpaired) electrons. The quantitative estimate of drug-likeness (QED) is 0.206. The van der Waals surface area contributed by atoms with Crippen LogP contribution in [-0.4, -0.2) is 28.6 Å². The minimum Gasteiger partial charge on any atom is -0.508 e. The number of rotatable bonds is 11. The molecule has 0 amide bonds. The number of hydrogen-bond donors (Lipinski definition) is 2. The monoisotopic (exact) mass is 484 g/mol. The van der Waals surface area contributed by atoms with Gasteiger partial charge in [0.15, 0.2) is 0 Å². The number of aromatic amines is 1. The number of hydrogen-bond acceptors (Lipinski definition) is 4. The van der Waals surface area contributed by atoms with E-state index in [0.29, 0.717) is 26.2 Å². The highest BCUT2D eigenvalue weighted by Crippen LogP contribution is 2.35. The second-order valence-electron chi connectivity index (χ2n) is 8.55. The fraction of sp³-hybridized carbons (Fsp3) is 0.233. The molecule has 6 nitrogen and oxygen atoms in total. The van der Waals surface area contributed by atoms with Crippen molar-refractivity contribution in [3.63, 3.8) is 0 Å². The molecule has 0 aliphatic rings. The lowest BCUT2D eigenvalue weighted by Gasteiger charge is -2.17. The minimum atomic E-state index is -0.0647. The summed E-state index contributed by atoms with van der Waals surface area (Å²) in [5.41, 5.74) is 6.37. The molecule has 0 saturated heterocycles. The van der Waals surface area contributed by atoms with Crippen molar-refractivity contribution in [1.29, 1.82) is 0 Å². The van der Waals surface area contributed by atoms with Gasteiger partial charge in [0, 0.05) is 26.1 Å². The molecule has 0 spiro atoms. The van der Waals surface area contributed by atoms with E-state index in [4.69, 9.17) is 9.47 Å². The number of phenols is 1. The van der Waals surface area contributed by atoms with Crippen LogP contribution in [0.3, 0.4) is 0 Å². The fourth-order valence-corrected chi connectivity index (χ4v) is 4.32. The highest BCUT2D eigenvalue weighted by Gasteiger charge is 2.13. The summed E-state index contributed by atoms with van der Waals surface area (Å²) in [6, 6.07) is 27.4. The number of nitrogens with one attached hydrogen (secondary N) is 1. The Labute approximate surface area is 211 Å². The van der Waals surface area contributed by atoms with E-state index < -0.39 is 0 Å². The maximum atomic E-state index is 12.0. The molecule has 0 bridgehead atoms. The van der Waals surface area contributed by atoms with Crippen molar-refractivity contribution in [3.8, 4) is 11.5 Å². The summed E-state index contributed by atoms with van der Waals surface area (Å²) >= 11 is 0. The van der Waals surface area contributed by atoms with E-state index in [1.807, 2.05) is 30.3 Å². The van der Waals surface area contributed by atoms with Gasteiger partial charge in [-0.25, -0.2) is 0 Å². The van der Waals surface area contributed by atoms with Gasteiger partial charge in [0.05, 0.1) is 18.9 Å². The van der Waals surface area contributed by atoms with E-state index in [0.717, 1.165) is 34.6 Å². The van der Waals surface area contributed by atoms with Crippen LogP contribution in [0.2, 0.25) is 0 Å². The van der Waals surface area contributed by atoms with Crippen molar-refractivity contribution in [2.24, 2.45) is 0 Å². The molecule has 4 rings (SSSR count). The molecular formula is C30H32N2O4. The van der Waals surface area contributed by atoms with Crippen LogP contribution in [-0.2, 0) is 17.9 Å². The lowest BCUT2D eigenvalue weighted by Crippen LogP contribution is -2.17. The van der Waals surface area contributed by atoms with Gasteiger partial charge in [-0.2, -0.15) is 0 Å². The van der Waals surface area contributed by atoms with Crippen LogP contribution >= 0.6 is 0 Å². The molecule has 0 atom stereocenters. The number of ether oxygens (including phenoxy) is 2. The number of phenolic OH excluding ortho intramolecular Hbond substituents is 1.